The summed E-state index contributed by atoms with van der Waals surface area (Å²) >= 11 is 7.80. The van der Waals surface area contributed by atoms with Crippen molar-refractivity contribution in [3.63, 3.8) is 0 Å². The number of fused-ring (bicyclic) bond motifs is 4. The fourth-order valence-electron chi connectivity index (χ4n) is 7.66. The van der Waals surface area contributed by atoms with E-state index in [0.717, 1.165) is 42.8 Å². The second kappa shape index (κ2) is 12.4. The number of rotatable bonds is 2. The van der Waals surface area contributed by atoms with Crippen LogP contribution in [-0.4, -0.2) is 55.5 Å². The molecule has 5 atom stereocenters. The maximum Gasteiger partial charge on any atom is 0.264 e. The van der Waals surface area contributed by atoms with Gasteiger partial charge in [-0.3, -0.25) is 4.79 Å². The topological polar surface area (TPSA) is 109 Å². The number of amides is 1. The number of carbonyl (C=O) groups excluding carboxylic acids is 1. The molecule has 7 rings (SSSR count). The van der Waals surface area contributed by atoms with Crippen LogP contribution < -0.4 is 14.4 Å². The van der Waals surface area contributed by atoms with Gasteiger partial charge in [0, 0.05) is 47.1 Å². The third kappa shape index (κ3) is 6.14. The molecule has 0 saturated heterocycles. The molecule has 11 heteroatoms. The molecule has 3 heterocycles. The van der Waals surface area contributed by atoms with E-state index in [1.54, 1.807) is 24.4 Å². The summed E-state index contributed by atoms with van der Waals surface area (Å²) in [6.07, 6.45) is 10.6. The number of allylic oxidation sites excluding steroid dienone is 1. The first-order chi connectivity index (χ1) is 21.7. The highest BCUT2D eigenvalue weighted by molar-refractivity contribution is 7.90. The van der Waals surface area contributed by atoms with Crippen LogP contribution in [0, 0.1) is 11.8 Å². The normalized spacial score (nSPS) is 30.2. The number of carbonyl (C=O) groups is 1. The van der Waals surface area contributed by atoms with Gasteiger partial charge in [0.05, 0.1) is 28.7 Å². The molecule has 1 amide bonds. The molecule has 3 aromatic rings. The number of hydrogen-bond donors (Lipinski definition) is 2. The van der Waals surface area contributed by atoms with Crippen molar-refractivity contribution >= 4 is 44.6 Å². The van der Waals surface area contributed by atoms with Crippen molar-refractivity contribution in [3.05, 3.63) is 86.8 Å². The lowest BCUT2D eigenvalue weighted by Gasteiger charge is -2.45. The number of aliphatic hydroxyl groups is 1. The average molecular weight is 668 g/mol. The van der Waals surface area contributed by atoms with Crippen molar-refractivity contribution in [1.29, 1.82) is 0 Å². The van der Waals surface area contributed by atoms with Gasteiger partial charge in [-0.2, -0.15) is 0 Å². The molecule has 1 saturated carbocycles. The molecular weight excluding hydrogens is 630 g/mol. The Hall–Kier alpha value is -2.92. The molecule has 1 aromatic heterocycles. The van der Waals surface area contributed by atoms with E-state index in [2.05, 4.69) is 26.7 Å². The van der Waals surface area contributed by atoms with Crippen molar-refractivity contribution in [2.75, 3.05) is 24.6 Å². The summed E-state index contributed by atoms with van der Waals surface area (Å²) in [4.78, 5) is 20.2. The van der Waals surface area contributed by atoms with Crippen LogP contribution in [0.2, 0.25) is 5.02 Å². The van der Waals surface area contributed by atoms with Gasteiger partial charge in [-0.05, 0) is 98.2 Å². The fraction of sp³-hybridized carbons (Fsp3) is 0.471. The van der Waals surface area contributed by atoms with E-state index < -0.39 is 27.3 Å². The number of nitrogens with one attached hydrogen (secondary N) is 1. The summed E-state index contributed by atoms with van der Waals surface area (Å²) < 4.78 is 36.2. The average Bonchev–Trinajstić information content (AvgIpc) is 3.46. The minimum Gasteiger partial charge on any atom is -0.490 e. The van der Waals surface area contributed by atoms with Gasteiger partial charge in [-0.25, -0.2) is 18.1 Å². The maximum atomic E-state index is 13.6. The Labute approximate surface area is 273 Å². The number of benzene rings is 2. The first-order valence-electron chi connectivity index (χ1n) is 15.8. The standard InChI is InChI=1S/C34H38ClN3O5S2/c35-25-9-11-28-22(16-25)4-3-13-34(28)20-38-19-24-7-10-27(24)30(39)6-2-1-5-26(18-32-36-14-15-44-32)45(41,42)37-33(40)23-8-12-31(43-21-34)29(38)17-23/h2,6,8-9,11-12,14-17,24,26-27,30,39H,1,3-5,7,10,13,18-21H2,(H,37,40)/b6-2+/t24-,26+,27+,30-,34-/m0/s1. The summed E-state index contributed by atoms with van der Waals surface area (Å²) in [5, 5.41) is 13.6. The number of aromatic nitrogens is 1. The van der Waals surface area contributed by atoms with Crippen molar-refractivity contribution < 1.29 is 23.1 Å². The van der Waals surface area contributed by atoms with Gasteiger partial charge >= 0.3 is 0 Å². The van der Waals surface area contributed by atoms with Gasteiger partial charge < -0.3 is 14.7 Å². The third-order valence-corrected chi connectivity index (χ3v) is 13.0. The second-order valence-electron chi connectivity index (χ2n) is 13.0. The smallest absolute Gasteiger partial charge is 0.264 e. The van der Waals surface area contributed by atoms with E-state index in [9.17, 15) is 18.3 Å². The summed E-state index contributed by atoms with van der Waals surface area (Å²) in [5.74, 6) is 0.394. The Morgan fingerprint density at radius 2 is 2.07 bits per heavy atom. The van der Waals surface area contributed by atoms with Crippen LogP contribution in [0.3, 0.4) is 0 Å². The Kier molecular flexibility index (Phi) is 8.43. The Balaban J connectivity index is 1.27. The van der Waals surface area contributed by atoms with E-state index in [0.29, 0.717) is 43.3 Å². The molecule has 1 spiro atoms. The summed E-state index contributed by atoms with van der Waals surface area (Å²) in [6.45, 7) is 1.88. The van der Waals surface area contributed by atoms with Crippen molar-refractivity contribution in [2.24, 2.45) is 11.8 Å². The first-order valence-corrected chi connectivity index (χ1v) is 18.6. The molecule has 2 N–H and O–H groups in total. The lowest BCUT2D eigenvalue weighted by Crippen LogP contribution is -2.49. The van der Waals surface area contributed by atoms with E-state index >= 15 is 0 Å². The monoisotopic (exact) mass is 667 g/mol. The molecule has 1 fully saturated rings. The number of sulfonamides is 1. The van der Waals surface area contributed by atoms with E-state index in [4.69, 9.17) is 16.3 Å². The molecule has 0 radical (unpaired) electrons. The number of anilines is 1. The van der Waals surface area contributed by atoms with Crippen LogP contribution in [-0.2, 0) is 28.3 Å². The molecule has 45 heavy (non-hydrogen) atoms. The summed E-state index contributed by atoms with van der Waals surface area (Å²) in [5.41, 5.74) is 3.27. The Bertz CT molecular complexity index is 1710. The molecule has 2 aliphatic heterocycles. The maximum absolute atomic E-state index is 13.6. The molecule has 2 aromatic carbocycles. The molecule has 2 bridgehead atoms. The van der Waals surface area contributed by atoms with Gasteiger partial charge in [0.15, 0.2) is 0 Å². The minimum atomic E-state index is -4.03. The van der Waals surface area contributed by atoms with Crippen molar-refractivity contribution in [1.82, 2.24) is 9.71 Å². The number of aryl methyl sites for hydroxylation is 1. The van der Waals surface area contributed by atoms with Crippen LogP contribution in [0.25, 0.3) is 0 Å². The van der Waals surface area contributed by atoms with Crippen LogP contribution in [0.5, 0.6) is 5.75 Å². The van der Waals surface area contributed by atoms with Crippen LogP contribution in [0.4, 0.5) is 5.69 Å². The quantitative estimate of drug-likeness (QED) is 0.339. The molecule has 8 nitrogen and oxygen atoms in total. The van der Waals surface area contributed by atoms with Crippen molar-refractivity contribution in [3.8, 4) is 5.75 Å². The number of hydrogen-bond acceptors (Lipinski definition) is 8. The summed E-state index contributed by atoms with van der Waals surface area (Å²) in [7, 11) is -4.03. The fourth-order valence-corrected chi connectivity index (χ4v) is 10.0. The van der Waals surface area contributed by atoms with Gasteiger partial charge in [-0.15, -0.1) is 11.3 Å². The molecule has 2 aliphatic carbocycles. The minimum absolute atomic E-state index is 0.108. The first kappa shape index (κ1) is 30.7. The number of halogens is 1. The predicted molar refractivity (Wildman–Crippen MR) is 177 cm³/mol. The zero-order valence-corrected chi connectivity index (χ0v) is 27.4. The number of thiazole rings is 1. The van der Waals surface area contributed by atoms with Gasteiger partial charge in [0.25, 0.3) is 5.91 Å². The Morgan fingerprint density at radius 1 is 1.18 bits per heavy atom. The largest absolute Gasteiger partial charge is 0.490 e. The highest BCUT2D eigenvalue weighted by Gasteiger charge is 2.44. The van der Waals surface area contributed by atoms with Crippen LogP contribution in [0.1, 0.15) is 65.0 Å². The highest BCUT2D eigenvalue weighted by atomic mass is 35.5. The molecule has 238 valence electrons. The van der Waals surface area contributed by atoms with Gasteiger partial charge in [-0.1, -0.05) is 29.8 Å². The second-order valence-corrected chi connectivity index (χ2v) is 16.4. The number of aliphatic hydroxyl groups excluding tert-OH is 1. The Morgan fingerprint density at radius 3 is 2.87 bits per heavy atom. The SMILES string of the molecule is O=C1NS(=O)(=O)[C@@H](Cc2nccs2)CC/C=C/[C@H](O)[C@@H]2CC[C@H]2CN2C[C@@]3(CCCc4cc(Cl)ccc43)COc3ccc1cc32. The number of ether oxygens (including phenoxy) is 1. The van der Waals surface area contributed by atoms with E-state index in [1.165, 1.54) is 22.5 Å². The molecular formula is C34H38ClN3O5S2. The van der Waals surface area contributed by atoms with Gasteiger partial charge in [0.1, 0.15) is 5.75 Å². The third-order valence-electron chi connectivity index (χ3n) is 10.2. The van der Waals surface area contributed by atoms with E-state index in [1.807, 2.05) is 23.6 Å². The van der Waals surface area contributed by atoms with Crippen molar-refractivity contribution in [2.45, 2.75) is 68.1 Å². The predicted octanol–water partition coefficient (Wildman–Crippen LogP) is 5.68. The highest BCUT2D eigenvalue weighted by Crippen LogP contribution is 2.46. The molecule has 0 unspecified atom stereocenters. The molecule has 4 aliphatic rings. The zero-order valence-electron chi connectivity index (χ0n) is 25.0. The van der Waals surface area contributed by atoms with Gasteiger partial charge in [0.2, 0.25) is 10.0 Å². The van der Waals surface area contributed by atoms with Crippen LogP contribution >= 0.6 is 22.9 Å². The number of nitrogens with zero attached hydrogens (tertiary/aromatic N) is 2. The summed E-state index contributed by atoms with van der Waals surface area (Å²) in [6, 6.07) is 11.4. The lowest BCUT2D eigenvalue weighted by atomic mass is 9.68. The van der Waals surface area contributed by atoms with E-state index in [-0.39, 0.29) is 29.2 Å². The lowest BCUT2D eigenvalue weighted by molar-refractivity contribution is 0.0456. The van der Waals surface area contributed by atoms with Crippen LogP contribution in [0.15, 0.2) is 60.1 Å². The zero-order chi connectivity index (χ0) is 31.2.